The summed E-state index contributed by atoms with van der Waals surface area (Å²) in [6, 6.07) is 21.4. The van der Waals surface area contributed by atoms with Crippen molar-refractivity contribution in [2.45, 2.75) is 23.7 Å². The zero-order chi connectivity index (χ0) is 19.9. The lowest BCUT2D eigenvalue weighted by molar-refractivity contribution is 0.448. The predicted octanol–water partition coefficient (Wildman–Crippen LogP) is 5.19. The number of ether oxygens (including phenoxy) is 1. The van der Waals surface area contributed by atoms with Gasteiger partial charge in [-0.15, -0.1) is 12.6 Å². The van der Waals surface area contributed by atoms with Crippen molar-refractivity contribution in [2.24, 2.45) is 0 Å². The van der Waals surface area contributed by atoms with Gasteiger partial charge < -0.3 is 15.0 Å². The first-order valence-electron chi connectivity index (χ1n) is 9.81. The average molecular weight is 405 g/mol. The number of aromatic amines is 1. The fraction of sp³-hybridized carbons (Fsp3) is 0.217. The fourth-order valence-corrected chi connectivity index (χ4v) is 3.44. The van der Waals surface area contributed by atoms with Crippen molar-refractivity contribution in [1.29, 1.82) is 0 Å². The van der Waals surface area contributed by atoms with Gasteiger partial charge in [-0.25, -0.2) is 9.97 Å². The van der Waals surface area contributed by atoms with Crippen molar-refractivity contribution in [3.05, 3.63) is 78.8 Å². The molecule has 0 radical (unpaired) electrons. The molecule has 6 heteroatoms. The summed E-state index contributed by atoms with van der Waals surface area (Å²) in [5.74, 6) is 3.14. The zero-order valence-corrected chi connectivity index (χ0v) is 17.0. The largest absolute Gasteiger partial charge is 0.439 e. The summed E-state index contributed by atoms with van der Waals surface area (Å²) in [7, 11) is 0. The second-order valence-corrected chi connectivity index (χ2v) is 7.45. The quantitative estimate of drug-likeness (QED) is 0.411. The topological polar surface area (TPSA) is 62.8 Å². The molecule has 0 amide bonds. The second-order valence-electron chi connectivity index (χ2n) is 6.93. The van der Waals surface area contributed by atoms with Gasteiger partial charge in [0.2, 0.25) is 5.88 Å². The summed E-state index contributed by atoms with van der Waals surface area (Å²) in [4.78, 5) is 13.0. The SMILES string of the molecule is Sc1ccc(Oc2ccccc2)nc1.c1ccc2[nH]c(C3CCNCC3)nc2c1. The van der Waals surface area contributed by atoms with Crippen LogP contribution in [0.15, 0.2) is 77.8 Å². The highest BCUT2D eigenvalue weighted by Gasteiger charge is 2.18. The summed E-state index contributed by atoms with van der Waals surface area (Å²) in [5.41, 5.74) is 2.25. The number of rotatable bonds is 3. The number of imidazole rings is 1. The van der Waals surface area contributed by atoms with Crippen LogP contribution in [0.3, 0.4) is 0 Å². The lowest BCUT2D eigenvalue weighted by atomic mass is 9.98. The van der Waals surface area contributed by atoms with Crippen LogP contribution < -0.4 is 10.1 Å². The molecule has 148 valence electrons. The van der Waals surface area contributed by atoms with Gasteiger partial charge in [0.25, 0.3) is 0 Å². The van der Waals surface area contributed by atoms with E-state index in [4.69, 9.17) is 4.74 Å². The van der Waals surface area contributed by atoms with Crippen LogP contribution in [-0.2, 0) is 0 Å². The van der Waals surface area contributed by atoms with Crippen molar-refractivity contribution >= 4 is 23.7 Å². The normalized spacial score (nSPS) is 14.2. The molecule has 0 spiro atoms. The Morgan fingerprint density at radius 2 is 1.66 bits per heavy atom. The smallest absolute Gasteiger partial charge is 0.219 e. The van der Waals surface area contributed by atoms with E-state index >= 15 is 0 Å². The molecule has 4 aromatic rings. The van der Waals surface area contributed by atoms with Crippen molar-refractivity contribution < 1.29 is 4.74 Å². The molecule has 1 saturated heterocycles. The Balaban J connectivity index is 0.000000142. The molecule has 0 unspecified atom stereocenters. The molecule has 5 rings (SSSR count). The van der Waals surface area contributed by atoms with E-state index in [1.807, 2.05) is 48.5 Å². The Morgan fingerprint density at radius 3 is 2.38 bits per heavy atom. The van der Waals surface area contributed by atoms with Crippen molar-refractivity contribution in [3.8, 4) is 11.6 Å². The van der Waals surface area contributed by atoms with Gasteiger partial charge in [-0.05, 0) is 56.3 Å². The highest BCUT2D eigenvalue weighted by molar-refractivity contribution is 7.80. The van der Waals surface area contributed by atoms with E-state index in [1.165, 1.54) is 12.8 Å². The molecule has 1 fully saturated rings. The zero-order valence-electron chi connectivity index (χ0n) is 16.1. The number of pyridine rings is 1. The third-order valence-corrected chi connectivity index (χ3v) is 5.08. The molecule has 3 heterocycles. The minimum Gasteiger partial charge on any atom is -0.439 e. The van der Waals surface area contributed by atoms with Crippen molar-refractivity contribution in [2.75, 3.05) is 13.1 Å². The van der Waals surface area contributed by atoms with Crippen LogP contribution in [0.25, 0.3) is 11.0 Å². The maximum Gasteiger partial charge on any atom is 0.219 e. The number of H-pyrrole nitrogens is 1. The molecule has 0 bridgehead atoms. The summed E-state index contributed by atoms with van der Waals surface area (Å²) < 4.78 is 5.49. The van der Waals surface area contributed by atoms with Gasteiger partial charge in [0.1, 0.15) is 11.6 Å². The Bertz CT molecular complexity index is 995. The third-order valence-electron chi connectivity index (χ3n) is 4.82. The van der Waals surface area contributed by atoms with Crippen molar-refractivity contribution in [1.82, 2.24) is 20.3 Å². The van der Waals surface area contributed by atoms with Crippen molar-refractivity contribution in [3.63, 3.8) is 0 Å². The number of aromatic nitrogens is 3. The van der Waals surface area contributed by atoms with Crippen LogP contribution in [0.2, 0.25) is 0 Å². The molecule has 1 aliphatic rings. The molecule has 0 atom stereocenters. The van der Waals surface area contributed by atoms with Gasteiger partial charge in [0.05, 0.1) is 11.0 Å². The van der Waals surface area contributed by atoms with Gasteiger partial charge in [0, 0.05) is 23.1 Å². The molecule has 29 heavy (non-hydrogen) atoms. The standard InChI is InChI=1S/C12H15N3.C11H9NOS/c1-2-4-11-10(3-1)14-12(15-11)9-5-7-13-8-6-9;14-10-6-7-11(12-8-10)13-9-4-2-1-3-5-9/h1-4,9,13H,5-8H2,(H,14,15);1-8,14H. The maximum atomic E-state index is 5.49. The molecule has 5 nitrogen and oxygen atoms in total. The van der Waals surface area contributed by atoms with Crippen LogP contribution in [0.5, 0.6) is 11.6 Å². The number of piperidine rings is 1. The third kappa shape index (κ3) is 5.37. The molecular weight excluding hydrogens is 380 g/mol. The van der Waals surface area contributed by atoms with Crippen LogP contribution in [-0.4, -0.2) is 28.0 Å². The van der Waals surface area contributed by atoms with E-state index in [1.54, 1.807) is 12.3 Å². The second kappa shape index (κ2) is 9.58. The van der Waals surface area contributed by atoms with E-state index in [0.717, 1.165) is 40.6 Å². The summed E-state index contributed by atoms with van der Waals surface area (Å²) in [5, 5.41) is 3.38. The Labute approximate surface area is 176 Å². The first-order valence-corrected chi connectivity index (χ1v) is 10.3. The fourth-order valence-electron chi connectivity index (χ4n) is 3.30. The number of thiol groups is 1. The van der Waals surface area contributed by atoms with E-state index in [9.17, 15) is 0 Å². The molecule has 0 saturated carbocycles. The van der Waals surface area contributed by atoms with Crippen LogP contribution >= 0.6 is 12.6 Å². The molecule has 0 aliphatic carbocycles. The van der Waals surface area contributed by atoms with Crippen LogP contribution in [0, 0.1) is 0 Å². The van der Waals surface area contributed by atoms with Gasteiger partial charge in [-0.2, -0.15) is 0 Å². The first kappa shape index (κ1) is 19.5. The highest BCUT2D eigenvalue weighted by atomic mass is 32.1. The number of benzene rings is 2. The predicted molar refractivity (Wildman–Crippen MR) is 119 cm³/mol. The summed E-state index contributed by atoms with van der Waals surface area (Å²) in [6.07, 6.45) is 4.04. The average Bonchev–Trinajstić information content (AvgIpc) is 3.22. The Kier molecular flexibility index (Phi) is 6.44. The number of hydrogen-bond acceptors (Lipinski definition) is 5. The van der Waals surface area contributed by atoms with Crippen LogP contribution in [0.1, 0.15) is 24.6 Å². The highest BCUT2D eigenvalue weighted by Crippen LogP contribution is 2.24. The number of para-hydroxylation sites is 3. The van der Waals surface area contributed by atoms with Gasteiger partial charge in [-0.1, -0.05) is 30.3 Å². The number of nitrogens with one attached hydrogen (secondary N) is 2. The Hall–Kier alpha value is -2.83. The minimum atomic E-state index is 0.578. The number of fused-ring (bicyclic) bond motifs is 1. The van der Waals surface area contributed by atoms with E-state index < -0.39 is 0 Å². The lowest BCUT2D eigenvalue weighted by Crippen LogP contribution is -2.27. The molecular formula is C23H24N4OS. The maximum absolute atomic E-state index is 5.49. The van der Waals surface area contributed by atoms with Gasteiger partial charge in [0.15, 0.2) is 0 Å². The Morgan fingerprint density at radius 1 is 0.897 bits per heavy atom. The summed E-state index contributed by atoms with van der Waals surface area (Å²) >= 11 is 4.14. The van der Waals surface area contributed by atoms with E-state index in [0.29, 0.717) is 11.8 Å². The lowest BCUT2D eigenvalue weighted by Gasteiger charge is -2.20. The first-order chi connectivity index (χ1) is 14.3. The monoisotopic (exact) mass is 404 g/mol. The number of hydrogen-bond donors (Lipinski definition) is 3. The van der Waals surface area contributed by atoms with Gasteiger partial charge in [-0.3, -0.25) is 0 Å². The van der Waals surface area contributed by atoms with Crippen LogP contribution in [0.4, 0.5) is 0 Å². The molecule has 1 aliphatic heterocycles. The van der Waals surface area contributed by atoms with E-state index in [2.05, 4.69) is 45.0 Å². The van der Waals surface area contributed by atoms with Gasteiger partial charge >= 0.3 is 0 Å². The molecule has 2 aromatic carbocycles. The molecule has 2 N–H and O–H groups in total. The molecule has 2 aromatic heterocycles. The van der Waals surface area contributed by atoms with E-state index in [-0.39, 0.29) is 0 Å². The number of nitrogens with zero attached hydrogens (tertiary/aromatic N) is 2. The minimum absolute atomic E-state index is 0.578. The summed E-state index contributed by atoms with van der Waals surface area (Å²) in [6.45, 7) is 2.23.